The summed E-state index contributed by atoms with van der Waals surface area (Å²) in [4.78, 5) is 12.4. The van der Waals surface area contributed by atoms with Crippen molar-refractivity contribution in [1.29, 1.82) is 0 Å². The van der Waals surface area contributed by atoms with Crippen LogP contribution in [0.15, 0.2) is 0 Å². The minimum absolute atomic E-state index is 0.218. The lowest BCUT2D eigenvalue weighted by Crippen LogP contribution is -2.59. The van der Waals surface area contributed by atoms with Crippen molar-refractivity contribution in [2.45, 2.75) is 69.2 Å². The predicted octanol–water partition coefficient (Wildman–Crippen LogP) is 2.31. The average Bonchev–Trinajstić information content (AvgIpc) is 2.78. The molecule has 1 heterocycles. The van der Waals surface area contributed by atoms with E-state index in [2.05, 4.69) is 24.5 Å². The number of rotatable bonds is 4. The second kappa shape index (κ2) is 6.29. The van der Waals surface area contributed by atoms with Crippen molar-refractivity contribution >= 4 is 17.7 Å². The maximum Gasteiger partial charge on any atom is 0.240 e. The third-order valence-electron chi connectivity index (χ3n) is 4.27. The number of thioether (sulfide) groups is 1. The number of carbonyl (C=O) groups excluding carboxylic acids is 1. The first kappa shape index (κ1) is 14.2. The smallest absolute Gasteiger partial charge is 0.240 e. The standard InChI is InChI=1S/C14H26N2OS/c1-3-18-12-8-6-7-11(12)16-13(17)14(2)9-4-5-10-15-14/h11-12,15H,3-10H2,1-2H3,(H,16,17). The van der Waals surface area contributed by atoms with Gasteiger partial charge in [0.25, 0.3) is 0 Å². The van der Waals surface area contributed by atoms with Crippen molar-refractivity contribution in [3.05, 3.63) is 0 Å². The van der Waals surface area contributed by atoms with Crippen LogP contribution >= 0.6 is 11.8 Å². The Labute approximate surface area is 115 Å². The molecule has 0 radical (unpaired) electrons. The van der Waals surface area contributed by atoms with Crippen LogP contribution in [0.5, 0.6) is 0 Å². The molecule has 2 fully saturated rings. The van der Waals surface area contributed by atoms with Gasteiger partial charge in [0.1, 0.15) is 0 Å². The molecule has 2 N–H and O–H groups in total. The van der Waals surface area contributed by atoms with Crippen LogP contribution in [0.2, 0.25) is 0 Å². The Kier molecular flexibility index (Phi) is 4.96. The fourth-order valence-corrected chi connectivity index (χ4v) is 4.28. The van der Waals surface area contributed by atoms with Crippen LogP contribution in [0.4, 0.5) is 0 Å². The van der Waals surface area contributed by atoms with Crippen molar-refractivity contribution in [1.82, 2.24) is 10.6 Å². The molecule has 1 amide bonds. The first-order valence-corrected chi connectivity index (χ1v) is 8.38. The zero-order chi connectivity index (χ0) is 13.0. The number of nitrogens with one attached hydrogen (secondary N) is 2. The Morgan fingerprint density at radius 2 is 2.22 bits per heavy atom. The zero-order valence-electron chi connectivity index (χ0n) is 11.6. The number of carbonyl (C=O) groups is 1. The van der Waals surface area contributed by atoms with Gasteiger partial charge >= 0.3 is 0 Å². The lowest BCUT2D eigenvalue weighted by molar-refractivity contribution is -0.128. The molecular formula is C14H26N2OS. The largest absolute Gasteiger partial charge is 0.351 e. The SMILES string of the molecule is CCSC1CCCC1NC(=O)C1(C)CCCCN1. The molecule has 1 aliphatic carbocycles. The summed E-state index contributed by atoms with van der Waals surface area (Å²) < 4.78 is 0. The highest BCUT2D eigenvalue weighted by Gasteiger charge is 2.37. The van der Waals surface area contributed by atoms with E-state index in [0.717, 1.165) is 31.6 Å². The van der Waals surface area contributed by atoms with Gasteiger partial charge in [-0.25, -0.2) is 0 Å². The summed E-state index contributed by atoms with van der Waals surface area (Å²) in [6, 6.07) is 0.392. The highest BCUT2D eigenvalue weighted by atomic mass is 32.2. The molecule has 4 heteroatoms. The molecular weight excluding hydrogens is 244 g/mol. The van der Waals surface area contributed by atoms with Crippen LogP contribution in [0.1, 0.15) is 52.4 Å². The van der Waals surface area contributed by atoms with E-state index in [1.165, 1.54) is 19.3 Å². The van der Waals surface area contributed by atoms with E-state index < -0.39 is 0 Å². The fourth-order valence-electron chi connectivity index (χ4n) is 3.08. The molecule has 0 aromatic carbocycles. The molecule has 0 spiro atoms. The van der Waals surface area contributed by atoms with Gasteiger partial charge in [-0.05, 0) is 51.3 Å². The normalized spacial score (nSPS) is 36.6. The van der Waals surface area contributed by atoms with Crippen molar-refractivity contribution in [2.75, 3.05) is 12.3 Å². The number of piperidine rings is 1. The molecule has 104 valence electrons. The first-order valence-electron chi connectivity index (χ1n) is 7.33. The molecule has 18 heavy (non-hydrogen) atoms. The third-order valence-corrected chi connectivity index (χ3v) is 5.60. The van der Waals surface area contributed by atoms with Crippen LogP contribution in [0, 0.1) is 0 Å². The summed E-state index contributed by atoms with van der Waals surface area (Å²) >= 11 is 2.00. The number of hydrogen-bond acceptors (Lipinski definition) is 3. The van der Waals surface area contributed by atoms with E-state index >= 15 is 0 Å². The van der Waals surface area contributed by atoms with E-state index in [1.54, 1.807) is 0 Å². The minimum atomic E-state index is -0.331. The highest BCUT2D eigenvalue weighted by Crippen LogP contribution is 2.30. The van der Waals surface area contributed by atoms with Gasteiger partial charge in [0.2, 0.25) is 5.91 Å². The van der Waals surface area contributed by atoms with E-state index in [-0.39, 0.29) is 11.4 Å². The van der Waals surface area contributed by atoms with Crippen LogP contribution in [-0.4, -0.2) is 35.0 Å². The zero-order valence-corrected chi connectivity index (χ0v) is 12.4. The summed E-state index contributed by atoms with van der Waals surface area (Å²) in [5.41, 5.74) is -0.331. The molecule has 1 aliphatic heterocycles. The monoisotopic (exact) mass is 270 g/mol. The van der Waals surface area contributed by atoms with Crippen molar-refractivity contribution in [3.8, 4) is 0 Å². The Bertz CT molecular complexity index is 290. The van der Waals surface area contributed by atoms with E-state index in [1.807, 2.05) is 11.8 Å². The van der Waals surface area contributed by atoms with Crippen molar-refractivity contribution in [3.63, 3.8) is 0 Å². The summed E-state index contributed by atoms with van der Waals surface area (Å²) in [5, 5.41) is 7.33. The van der Waals surface area contributed by atoms with Gasteiger partial charge < -0.3 is 10.6 Å². The van der Waals surface area contributed by atoms with Gasteiger partial charge in [0.05, 0.1) is 5.54 Å². The average molecular weight is 270 g/mol. The molecule has 3 nitrogen and oxygen atoms in total. The first-order chi connectivity index (χ1) is 8.65. The maximum absolute atomic E-state index is 12.4. The molecule has 2 rings (SSSR count). The Balaban J connectivity index is 1.89. The van der Waals surface area contributed by atoms with Gasteiger partial charge in [-0.3, -0.25) is 4.79 Å². The molecule has 3 unspecified atom stereocenters. The van der Waals surface area contributed by atoms with Gasteiger partial charge in [0, 0.05) is 11.3 Å². The number of amides is 1. The fraction of sp³-hybridized carbons (Fsp3) is 0.929. The molecule has 0 bridgehead atoms. The lowest BCUT2D eigenvalue weighted by atomic mass is 9.90. The molecule has 0 aromatic rings. The van der Waals surface area contributed by atoms with Crippen LogP contribution in [-0.2, 0) is 4.79 Å². The van der Waals surface area contributed by atoms with Crippen LogP contribution in [0.25, 0.3) is 0 Å². The molecule has 1 saturated heterocycles. The second-order valence-corrected chi connectivity index (χ2v) is 7.24. The maximum atomic E-state index is 12.4. The van der Waals surface area contributed by atoms with E-state index in [4.69, 9.17) is 0 Å². The molecule has 1 saturated carbocycles. The highest BCUT2D eigenvalue weighted by molar-refractivity contribution is 7.99. The van der Waals surface area contributed by atoms with Gasteiger partial charge in [0.15, 0.2) is 0 Å². The van der Waals surface area contributed by atoms with Gasteiger partial charge in [-0.15, -0.1) is 0 Å². The minimum Gasteiger partial charge on any atom is -0.351 e. The van der Waals surface area contributed by atoms with Crippen molar-refractivity contribution in [2.24, 2.45) is 0 Å². The van der Waals surface area contributed by atoms with Crippen LogP contribution in [0.3, 0.4) is 0 Å². The lowest BCUT2D eigenvalue weighted by Gasteiger charge is -2.35. The molecule has 2 aliphatic rings. The summed E-state index contributed by atoms with van der Waals surface area (Å²) in [6.45, 7) is 5.23. The van der Waals surface area contributed by atoms with E-state index in [9.17, 15) is 4.79 Å². The van der Waals surface area contributed by atoms with Crippen molar-refractivity contribution < 1.29 is 4.79 Å². The molecule has 0 aromatic heterocycles. The topological polar surface area (TPSA) is 41.1 Å². The molecule has 3 atom stereocenters. The summed E-state index contributed by atoms with van der Waals surface area (Å²) in [6.07, 6.45) is 6.99. The summed E-state index contributed by atoms with van der Waals surface area (Å²) in [7, 11) is 0. The third kappa shape index (κ3) is 3.21. The Morgan fingerprint density at radius 1 is 1.39 bits per heavy atom. The number of hydrogen-bond donors (Lipinski definition) is 2. The van der Waals surface area contributed by atoms with Gasteiger partial charge in [-0.1, -0.05) is 13.3 Å². The summed E-state index contributed by atoms with van der Waals surface area (Å²) in [5.74, 6) is 1.36. The van der Waals surface area contributed by atoms with Gasteiger partial charge in [-0.2, -0.15) is 11.8 Å². The predicted molar refractivity (Wildman–Crippen MR) is 78.0 cm³/mol. The van der Waals surface area contributed by atoms with Crippen LogP contribution < -0.4 is 10.6 Å². The Hall–Kier alpha value is -0.220. The Morgan fingerprint density at radius 3 is 2.89 bits per heavy atom. The van der Waals surface area contributed by atoms with E-state index in [0.29, 0.717) is 11.3 Å². The quantitative estimate of drug-likeness (QED) is 0.823. The second-order valence-electron chi connectivity index (χ2n) is 5.72.